The highest BCUT2D eigenvalue weighted by atomic mass is 32.2. The van der Waals surface area contributed by atoms with Crippen LogP contribution < -0.4 is 10.5 Å². The molecule has 2 unspecified atom stereocenters. The van der Waals surface area contributed by atoms with Crippen LogP contribution in [0.4, 0.5) is 0 Å². The van der Waals surface area contributed by atoms with E-state index in [1.165, 1.54) is 28.9 Å². The zero-order valence-corrected chi connectivity index (χ0v) is 12.7. The number of benzene rings is 2. The van der Waals surface area contributed by atoms with Crippen molar-refractivity contribution in [3.8, 4) is 5.75 Å². The predicted octanol–water partition coefficient (Wildman–Crippen LogP) is 4.12. The van der Waals surface area contributed by atoms with E-state index < -0.39 is 0 Å². The Balaban J connectivity index is 1.53. The zero-order valence-electron chi connectivity index (χ0n) is 11.9. The standard InChI is InChI=1S/C18H19NOS/c19-18(16-11-21-17-4-2-1-3-15(16)17)12-5-7-13(8-6-12)20-14-9-10-14/h1-8,14,16,18H,9-11,19H2. The molecule has 2 aromatic carbocycles. The van der Waals surface area contributed by atoms with Crippen LogP contribution in [0.2, 0.25) is 0 Å². The quantitative estimate of drug-likeness (QED) is 0.922. The number of nitrogens with two attached hydrogens (primary N) is 1. The van der Waals surface area contributed by atoms with Gasteiger partial charge < -0.3 is 10.5 Å². The fourth-order valence-electron chi connectivity index (χ4n) is 2.86. The first kappa shape index (κ1) is 13.2. The summed E-state index contributed by atoms with van der Waals surface area (Å²) in [5.41, 5.74) is 9.12. The van der Waals surface area contributed by atoms with Crippen LogP contribution in [0.1, 0.15) is 35.9 Å². The van der Waals surface area contributed by atoms with Gasteiger partial charge in [0.1, 0.15) is 5.75 Å². The number of ether oxygens (including phenoxy) is 1. The first-order valence-corrected chi connectivity index (χ1v) is 8.54. The van der Waals surface area contributed by atoms with Crippen molar-refractivity contribution in [3.05, 3.63) is 59.7 Å². The Hall–Kier alpha value is -1.45. The lowest BCUT2D eigenvalue weighted by Gasteiger charge is -2.20. The fraction of sp³-hybridized carbons (Fsp3) is 0.333. The minimum absolute atomic E-state index is 0.0520. The summed E-state index contributed by atoms with van der Waals surface area (Å²) in [5, 5.41) is 0. The van der Waals surface area contributed by atoms with Crippen molar-refractivity contribution < 1.29 is 4.74 Å². The molecule has 0 radical (unpaired) electrons. The lowest BCUT2D eigenvalue weighted by Crippen LogP contribution is -2.19. The number of hydrogen-bond acceptors (Lipinski definition) is 3. The second kappa shape index (κ2) is 5.39. The molecule has 2 N–H and O–H groups in total. The SMILES string of the molecule is NC(c1ccc(OC2CC2)cc1)C1CSc2ccccc21. The molecule has 0 saturated heterocycles. The Morgan fingerprint density at radius 1 is 1.05 bits per heavy atom. The van der Waals surface area contributed by atoms with Gasteiger partial charge in [-0.15, -0.1) is 11.8 Å². The lowest BCUT2D eigenvalue weighted by molar-refractivity contribution is 0.303. The van der Waals surface area contributed by atoms with Gasteiger partial charge in [0.15, 0.2) is 0 Å². The monoisotopic (exact) mass is 297 g/mol. The van der Waals surface area contributed by atoms with E-state index in [1.54, 1.807) is 0 Å². The Morgan fingerprint density at radius 2 is 1.81 bits per heavy atom. The van der Waals surface area contributed by atoms with E-state index in [0.717, 1.165) is 11.5 Å². The van der Waals surface area contributed by atoms with E-state index in [2.05, 4.69) is 48.5 Å². The van der Waals surface area contributed by atoms with Gasteiger partial charge in [-0.05, 0) is 42.2 Å². The third-order valence-corrected chi connectivity index (χ3v) is 5.47. The maximum atomic E-state index is 6.52. The maximum Gasteiger partial charge on any atom is 0.119 e. The summed E-state index contributed by atoms with van der Waals surface area (Å²) in [5.74, 6) is 2.44. The predicted molar refractivity (Wildman–Crippen MR) is 86.9 cm³/mol. The second-order valence-corrected chi connectivity index (χ2v) is 6.93. The van der Waals surface area contributed by atoms with E-state index in [1.807, 2.05) is 11.8 Å². The van der Waals surface area contributed by atoms with E-state index in [9.17, 15) is 0 Å². The van der Waals surface area contributed by atoms with Crippen LogP contribution in [0.5, 0.6) is 5.75 Å². The van der Waals surface area contributed by atoms with Gasteiger partial charge >= 0.3 is 0 Å². The van der Waals surface area contributed by atoms with Gasteiger partial charge in [0.2, 0.25) is 0 Å². The highest BCUT2D eigenvalue weighted by molar-refractivity contribution is 7.99. The fourth-order valence-corrected chi connectivity index (χ4v) is 4.17. The Labute approximate surface area is 129 Å². The zero-order chi connectivity index (χ0) is 14.2. The molecule has 1 saturated carbocycles. The van der Waals surface area contributed by atoms with Crippen LogP contribution in [-0.4, -0.2) is 11.9 Å². The molecular weight excluding hydrogens is 278 g/mol. The first-order valence-electron chi connectivity index (χ1n) is 7.55. The number of fused-ring (bicyclic) bond motifs is 1. The second-order valence-electron chi connectivity index (χ2n) is 5.87. The minimum Gasteiger partial charge on any atom is -0.490 e. The highest BCUT2D eigenvalue weighted by Gasteiger charge is 2.29. The molecule has 3 heteroatoms. The third kappa shape index (κ3) is 2.68. The van der Waals surface area contributed by atoms with Crippen molar-refractivity contribution >= 4 is 11.8 Å². The summed E-state index contributed by atoms with van der Waals surface area (Å²) < 4.78 is 5.80. The van der Waals surface area contributed by atoms with Crippen molar-refractivity contribution in [1.82, 2.24) is 0 Å². The molecule has 1 fully saturated rings. The Morgan fingerprint density at radius 3 is 2.57 bits per heavy atom. The van der Waals surface area contributed by atoms with Gasteiger partial charge in [0.05, 0.1) is 6.10 Å². The van der Waals surface area contributed by atoms with Crippen LogP contribution in [0, 0.1) is 0 Å². The largest absolute Gasteiger partial charge is 0.490 e. The van der Waals surface area contributed by atoms with E-state index >= 15 is 0 Å². The first-order chi connectivity index (χ1) is 10.3. The van der Waals surface area contributed by atoms with Gasteiger partial charge in [-0.2, -0.15) is 0 Å². The minimum atomic E-state index is 0.0520. The van der Waals surface area contributed by atoms with E-state index in [-0.39, 0.29) is 6.04 Å². The number of thioether (sulfide) groups is 1. The summed E-state index contributed by atoms with van der Waals surface area (Å²) >= 11 is 1.91. The van der Waals surface area contributed by atoms with Crippen LogP contribution in [0.25, 0.3) is 0 Å². The van der Waals surface area contributed by atoms with Crippen molar-refractivity contribution in [2.45, 2.75) is 35.8 Å². The molecule has 0 amide bonds. The third-order valence-electron chi connectivity index (χ3n) is 4.26. The van der Waals surface area contributed by atoms with Crippen molar-refractivity contribution in [1.29, 1.82) is 0 Å². The Kier molecular flexibility index (Phi) is 3.40. The normalized spacial score (nSPS) is 21.9. The van der Waals surface area contributed by atoms with Gasteiger partial charge in [-0.3, -0.25) is 0 Å². The molecular formula is C18H19NOS. The van der Waals surface area contributed by atoms with E-state index in [0.29, 0.717) is 12.0 Å². The van der Waals surface area contributed by atoms with Gasteiger partial charge in [0, 0.05) is 22.6 Å². The van der Waals surface area contributed by atoms with Crippen molar-refractivity contribution in [3.63, 3.8) is 0 Å². The summed E-state index contributed by atoms with van der Waals surface area (Å²) in [6.07, 6.45) is 2.83. The molecule has 2 aliphatic rings. The molecule has 2 aromatic rings. The summed E-state index contributed by atoms with van der Waals surface area (Å²) in [6, 6.07) is 17.0. The smallest absolute Gasteiger partial charge is 0.119 e. The molecule has 2 nitrogen and oxygen atoms in total. The van der Waals surface area contributed by atoms with Crippen LogP contribution in [0.15, 0.2) is 53.4 Å². The molecule has 0 bridgehead atoms. The molecule has 108 valence electrons. The van der Waals surface area contributed by atoms with Crippen molar-refractivity contribution in [2.75, 3.05) is 5.75 Å². The molecule has 1 heterocycles. The topological polar surface area (TPSA) is 35.2 Å². The van der Waals surface area contributed by atoms with Crippen molar-refractivity contribution in [2.24, 2.45) is 5.73 Å². The molecule has 2 atom stereocenters. The molecule has 1 aliphatic heterocycles. The molecule has 0 aromatic heterocycles. The molecule has 4 rings (SSSR count). The molecule has 0 spiro atoms. The van der Waals surface area contributed by atoms with Crippen LogP contribution in [-0.2, 0) is 0 Å². The van der Waals surface area contributed by atoms with Crippen LogP contribution >= 0.6 is 11.8 Å². The Bertz CT molecular complexity index is 636. The lowest BCUT2D eigenvalue weighted by atomic mass is 9.89. The van der Waals surface area contributed by atoms with Gasteiger partial charge in [-0.1, -0.05) is 30.3 Å². The van der Waals surface area contributed by atoms with Gasteiger partial charge in [0.25, 0.3) is 0 Å². The summed E-state index contributed by atoms with van der Waals surface area (Å²) in [4.78, 5) is 1.38. The summed E-state index contributed by atoms with van der Waals surface area (Å²) in [6.45, 7) is 0. The van der Waals surface area contributed by atoms with Gasteiger partial charge in [-0.25, -0.2) is 0 Å². The average molecular weight is 297 g/mol. The van der Waals surface area contributed by atoms with Crippen LogP contribution in [0.3, 0.4) is 0 Å². The summed E-state index contributed by atoms with van der Waals surface area (Å²) in [7, 11) is 0. The number of hydrogen-bond donors (Lipinski definition) is 1. The highest BCUT2D eigenvalue weighted by Crippen LogP contribution is 2.44. The maximum absolute atomic E-state index is 6.52. The molecule has 1 aliphatic carbocycles. The van der Waals surface area contributed by atoms with E-state index in [4.69, 9.17) is 10.5 Å². The average Bonchev–Trinajstić information content (AvgIpc) is 3.23. The molecule has 21 heavy (non-hydrogen) atoms. The number of rotatable bonds is 4.